The van der Waals surface area contributed by atoms with Crippen molar-refractivity contribution in [3.05, 3.63) is 58.1 Å². The van der Waals surface area contributed by atoms with Crippen LogP contribution in [0.4, 0.5) is 5.69 Å². The summed E-state index contributed by atoms with van der Waals surface area (Å²) in [6.45, 7) is 0. The Morgan fingerprint density at radius 1 is 0.941 bits per heavy atom. The van der Waals surface area contributed by atoms with E-state index in [-0.39, 0.29) is 5.75 Å². The lowest BCUT2D eigenvalue weighted by Crippen LogP contribution is -1.81. The topological polar surface area (TPSA) is 32.6 Å². The molecule has 4 heteroatoms. The van der Waals surface area contributed by atoms with E-state index in [1.54, 1.807) is 42.6 Å². The van der Waals surface area contributed by atoms with Crippen molar-refractivity contribution in [1.82, 2.24) is 0 Å². The Bertz CT molecular complexity index is 550. The number of rotatable bonds is 2. The first-order valence-electron chi connectivity index (χ1n) is 4.93. The van der Waals surface area contributed by atoms with Gasteiger partial charge in [0.1, 0.15) is 5.75 Å². The Balaban J connectivity index is 2.25. The summed E-state index contributed by atoms with van der Waals surface area (Å²) in [5.41, 5.74) is 1.33. The number of nitrogens with zero attached hydrogens (tertiary/aromatic N) is 1. The third-order valence-corrected chi connectivity index (χ3v) is 2.66. The summed E-state index contributed by atoms with van der Waals surface area (Å²) in [6, 6.07) is 11.9. The van der Waals surface area contributed by atoms with Crippen LogP contribution in [0.2, 0.25) is 10.0 Å². The van der Waals surface area contributed by atoms with Gasteiger partial charge in [0.05, 0.1) is 5.69 Å². The largest absolute Gasteiger partial charge is 0.507 e. The van der Waals surface area contributed by atoms with Crippen LogP contribution < -0.4 is 0 Å². The predicted molar refractivity (Wildman–Crippen MR) is 71.8 cm³/mol. The number of phenols is 1. The third-order valence-electron chi connectivity index (χ3n) is 2.17. The van der Waals surface area contributed by atoms with Gasteiger partial charge in [-0.3, -0.25) is 4.99 Å². The van der Waals surface area contributed by atoms with Gasteiger partial charge in [-0.2, -0.15) is 0 Å². The van der Waals surface area contributed by atoms with Crippen molar-refractivity contribution >= 4 is 35.1 Å². The zero-order valence-electron chi connectivity index (χ0n) is 8.77. The lowest BCUT2D eigenvalue weighted by Gasteiger charge is -1.99. The van der Waals surface area contributed by atoms with Gasteiger partial charge in [-0.05, 0) is 42.5 Å². The maximum absolute atomic E-state index is 9.59. The first-order valence-corrected chi connectivity index (χ1v) is 5.69. The van der Waals surface area contributed by atoms with Gasteiger partial charge in [0.15, 0.2) is 0 Å². The predicted octanol–water partition coefficient (Wildman–Crippen LogP) is 4.45. The summed E-state index contributed by atoms with van der Waals surface area (Å²) in [4.78, 5) is 4.22. The summed E-state index contributed by atoms with van der Waals surface area (Å²) >= 11 is 11.6. The van der Waals surface area contributed by atoms with E-state index < -0.39 is 0 Å². The Labute approximate surface area is 109 Å². The third kappa shape index (κ3) is 3.22. The standard InChI is InChI=1S/C13H9Cl2NO/c14-10-1-4-12(5-2-10)16-8-9-7-11(15)3-6-13(9)17/h1-8,17H. The molecule has 2 aromatic rings. The molecule has 2 rings (SSSR count). The van der Waals surface area contributed by atoms with Crippen LogP contribution in [0.15, 0.2) is 47.5 Å². The van der Waals surface area contributed by atoms with Gasteiger partial charge in [-0.25, -0.2) is 0 Å². The highest BCUT2D eigenvalue weighted by Crippen LogP contribution is 2.21. The molecule has 17 heavy (non-hydrogen) atoms. The van der Waals surface area contributed by atoms with Gasteiger partial charge < -0.3 is 5.11 Å². The highest BCUT2D eigenvalue weighted by atomic mass is 35.5. The Morgan fingerprint density at radius 2 is 1.59 bits per heavy atom. The average Bonchev–Trinajstić information content (AvgIpc) is 2.32. The maximum Gasteiger partial charge on any atom is 0.124 e. The van der Waals surface area contributed by atoms with Crippen LogP contribution in [0.3, 0.4) is 0 Å². The van der Waals surface area contributed by atoms with Crippen LogP contribution in [-0.2, 0) is 0 Å². The van der Waals surface area contributed by atoms with Gasteiger partial charge in [0.25, 0.3) is 0 Å². The molecule has 2 nitrogen and oxygen atoms in total. The number of hydrogen-bond acceptors (Lipinski definition) is 2. The molecular weight excluding hydrogens is 257 g/mol. The molecule has 0 spiro atoms. The molecule has 0 radical (unpaired) electrons. The molecule has 0 aliphatic rings. The Morgan fingerprint density at radius 3 is 2.29 bits per heavy atom. The molecule has 0 heterocycles. The normalized spacial score (nSPS) is 10.9. The summed E-state index contributed by atoms with van der Waals surface area (Å²) in [5.74, 6) is 0.145. The Hall–Kier alpha value is -1.51. The van der Waals surface area contributed by atoms with E-state index >= 15 is 0 Å². The Kier molecular flexibility index (Phi) is 3.67. The average molecular weight is 266 g/mol. The van der Waals surface area contributed by atoms with Gasteiger partial charge in [0.2, 0.25) is 0 Å². The van der Waals surface area contributed by atoms with Gasteiger partial charge in [0, 0.05) is 21.8 Å². The van der Waals surface area contributed by atoms with E-state index in [0.717, 1.165) is 5.69 Å². The molecule has 0 bridgehead atoms. The van der Waals surface area contributed by atoms with Crippen LogP contribution in [0.5, 0.6) is 5.75 Å². The first-order chi connectivity index (χ1) is 8.15. The minimum absolute atomic E-state index is 0.145. The van der Waals surface area contributed by atoms with E-state index in [1.807, 2.05) is 0 Å². The zero-order valence-corrected chi connectivity index (χ0v) is 10.3. The van der Waals surface area contributed by atoms with Crippen LogP contribution in [0.1, 0.15) is 5.56 Å². The second-order valence-corrected chi connectivity index (χ2v) is 4.31. The lowest BCUT2D eigenvalue weighted by atomic mass is 10.2. The number of halogens is 2. The van der Waals surface area contributed by atoms with Crippen LogP contribution in [0.25, 0.3) is 0 Å². The molecule has 0 unspecified atom stereocenters. The van der Waals surface area contributed by atoms with Crippen molar-refractivity contribution in [3.8, 4) is 5.75 Å². The van der Waals surface area contributed by atoms with E-state index in [4.69, 9.17) is 23.2 Å². The molecule has 0 aromatic heterocycles. The number of aromatic hydroxyl groups is 1. The van der Waals surface area contributed by atoms with Crippen molar-refractivity contribution in [1.29, 1.82) is 0 Å². The molecule has 0 aliphatic heterocycles. The number of phenolic OH excluding ortho intramolecular Hbond substituents is 1. The van der Waals surface area contributed by atoms with Gasteiger partial charge in [-0.15, -0.1) is 0 Å². The van der Waals surface area contributed by atoms with Crippen molar-refractivity contribution in [2.45, 2.75) is 0 Å². The van der Waals surface area contributed by atoms with Crippen molar-refractivity contribution in [2.75, 3.05) is 0 Å². The molecule has 2 aromatic carbocycles. The second-order valence-electron chi connectivity index (χ2n) is 3.44. The first kappa shape index (κ1) is 12.0. The molecule has 0 saturated heterocycles. The van der Waals surface area contributed by atoms with E-state index in [9.17, 15) is 5.11 Å². The smallest absolute Gasteiger partial charge is 0.124 e. The second kappa shape index (κ2) is 5.21. The number of benzene rings is 2. The van der Waals surface area contributed by atoms with Crippen molar-refractivity contribution < 1.29 is 5.11 Å². The maximum atomic E-state index is 9.59. The molecule has 0 amide bonds. The fourth-order valence-electron chi connectivity index (χ4n) is 1.30. The van der Waals surface area contributed by atoms with E-state index in [0.29, 0.717) is 15.6 Å². The SMILES string of the molecule is Oc1ccc(Cl)cc1C=Nc1ccc(Cl)cc1. The fourth-order valence-corrected chi connectivity index (χ4v) is 1.61. The number of aliphatic imine (C=N–C) groups is 1. The summed E-state index contributed by atoms with van der Waals surface area (Å²) in [7, 11) is 0. The fraction of sp³-hybridized carbons (Fsp3) is 0. The highest BCUT2D eigenvalue weighted by molar-refractivity contribution is 6.31. The van der Waals surface area contributed by atoms with Gasteiger partial charge >= 0.3 is 0 Å². The van der Waals surface area contributed by atoms with Gasteiger partial charge in [-0.1, -0.05) is 23.2 Å². The quantitative estimate of drug-likeness (QED) is 0.800. The van der Waals surface area contributed by atoms with Crippen LogP contribution >= 0.6 is 23.2 Å². The molecule has 0 fully saturated rings. The van der Waals surface area contributed by atoms with E-state index in [1.165, 1.54) is 6.07 Å². The highest BCUT2D eigenvalue weighted by Gasteiger charge is 1.98. The molecule has 0 aliphatic carbocycles. The van der Waals surface area contributed by atoms with Crippen molar-refractivity contribution in [2.24, 2.45) is 4.99 Å². The lowest BCUT2D eigenvalue weighted by molar-refractivity contribution is 0.474. The molecule has 0 saturated carbocycles. The van der Waals surface area contributed by atoms with Crippen LogP contribution in [0, 0.1) is 0 Å². The van der Waals surface area contributed by atoms with Crippen molar-refractivity contribution in [3.63, 3.8) is 0 Å². The molecular formula is C13H9Cl2NO. The molecule has 1 N–H and O–H groups in total. The van der Waals surface area contributed by atoms with Crippen LogP contribution in [-0.4, -0.2) is 11.3 Å². The molecule has 0 atom stereocenters. The van der Waals surface area contributed by atoms with E-state index in [2.05, 4.69) is 4.99 Å². The minimum Gasteiger partial charge on any atom is -0.507 e. The monoisotopic (exact) mass is 265 g/mol. The minimum atomic E-state index is 0.145. The summed E-state index contributed by atoms with van der Waals surface area (Å²) in [5, 5.41) is 10.8. The zero-order chi connectivity index (χ0) is 12.3. The summed E-state index contributed by atoms with van der Waals surface area (Å²) in [6.07, 6.45) is 1.56. The molecule has 86 valence electrons. The summed E-state index contributed by atoms with van der Waals surface area (Å²) < 4.78 is 0. The number of hydrogen-bond donors (Lipinski definition) is 1.